The minimum atomic E-state index is -3.72. The zero-order valence-corrected chi connectivity index (χ0v) is 14.6. The van der Waals surface area contributed by atoms with Crippen LogP contribution in [0.25, 0.3) is 10.8 Å². The first-order valence-corrected chi connectivity index (χ1v) is 9.83. The van der Waals surface area contributed by atoms with Gasteiger partial charge in [-0.2, -0.15) is 0 Å². The predicted octanol–water partition coefficient (Wildman–Crippen LogP) is 3.33. The summed E-state index contributed by atoms with van der Waals surface area (Å²) in [6, 6.07) is 7.69. The SMILES string of the molecule is CS(=O)(=O)c1cccc(NCc2csc(-c3ccco3)n2)c1[N+](=O)[O-]. The zero-order chi connectivity index (χ0) is 18.0. The number of benzene rings is 1. The number of anilines is 1. The summed E-state index contributed by atoms with van der Waals surface area (Å²) < 4.78 is 28.8. The number of hydrogen-bond acceptors (Lipinski definition) is 8. The number of sulfone groups is 1. The zero-order valence-electron chi connectivity index (χ0n) is 13.0. The summed E-state index contributed by atoms with van der Waals surface area (Å²) in [7, 11) is -3.72. The molecule has 0 spiro atoms. The average Bonchev–Trinajstić information content (AvgIpc) is 3.22. The van der Waals surface area contributed by atoms with Crippen molar-refractivity contribution in [3.63, 3.8) is 0 Å². The summed E-state index contributed by atoms with van der Waals surface area (Å²) in [6.45, 7) is 0.214. The molecule has 8 nitrogen and oxygen atoms in total. The van der Waals surface area contributed by atoms with Crippen molar-refractivity contribution in [1.82, 2.24) is 4.98 Å². The molecule has 0 amide bonds. The van der Waals surface area contributed by atoms with Gasteiger partial charge in [-0.3, -0.25) is 10.1 Å². The van der Waals surface area contributed by atoms with E-state index in [1.54, 1.807) is 23.8 Å². The number of nitrogens with one attached hydrogen (secondary N) is 1. The predicted molar refractivity (Wildman–Crippen MR) is 93.3 cm³/mol. The van der Waals surface area contributed by atoms with Crippen LogP contribution in [0.3, 0.4) is 0 Å². The van der Waals surface area contributed by atoms with Crippen LogP contribution in [0.4, 0.5) is 11.4 Å². The molecule has 1 N–H and O–H groups in total. The Balaban J connectivity index is 1.85. The van der Waals surface area contributed by atoms with Crippen molar-refractivity contribution in [2.24, 2.45) is 0 Å². The van der Waals surface area contributed by atoms with Crippen molar-refractivity contribution in [1.29, 1.82) is 0 Å². The van der Waals surface area contributed by atoms with Gasteiger partial charge in [-0.15, -0.1) is 11.3 Å². The van der Waals surface area contributed by atoms with E-state index in [-0.39, 0.29) is 17.1 Å². The van der Waals surface area contributed by atoms with Gasteiger partial charge >= 0.3 is 5.69 Å². The third-order valence-corrected chi connectivity index (χ3v) is 5.36. The van der Waals surface area contributed by atoms with E-state index in [0.29, 0.717) is 16.5 Å². The van der Waals surface area contributed by atoms with Crippen LogP contribution in [-0.2, 0) is 16.4 Å². The number of rotatable bonds is 6. The van der Waals surface area contributed by atoms with Crippen LogP contribution in [0.1, 0.15) is 5.69 Å². The minimum Gasteiger partial charge on any atom is -0.462 e. The number of nitro benzene ring substituents is 1. The number of nitrogens with zero attached hydrogens (tertiary/aromatic N) is 2. The fraction of sp³-hybridized carbons (Fsp3) is 0.133. The quantitative estimate of drug-likeness (QED) is 0.516. The van der Waals surface area contributed by atoms with Crippen LogP contribution >= 0.6 is 11.3 Å². The number of thiazole rings is 1. The first kappa shape index (κ1) is 17.1. The Morgan fingerprint density at radius 1 is 1.32 bits per heavy atom. The Morgan fingerprint density at radius 3 is 2.76 bits per heavy atom. The van der Waals surface area contributed by atoms with Crippen LogP contribution in [0.2, 0.25) is 0 Å². The van der Waals surface area contributed by atoms with E-state index >= 15 is 0 Å². The second kappa shape index (κ2) is 6.65. The topological polar surface area (TPSA) is 115 Å². The van der Waals surface area contributed by atoms with E-state index in [4.69, 9.17) is 4.42 Å². The fourth-order valence-corrected chi connectivity index (χ4v) is 3.89. The lowest BCUT2D eigenvalue weighted by atomic mass is 10.2. The third-order valence-electron chi connectivity index (χ3n) is 3.32. The summed E-state index contributed by atoms with van der Waals surface area (Å²) in [5.41, 5.74) is 0.322. The molecule has 0 radical (unpaired) electrons. The van der Waals surface area contributed by atoms with Crippen molar-refractivity contribution in [2.45, 2.75) is 11.4 Å². The van der Waals surface area contributed by atoms with Crippen molar-refractivity contribution in [2.75, 3.05) is 11.6 Å². The van der Waals surface area contributed by atoms with E-state index < -0.39 is 20.4 Å². The largest absolute Gasteiger partial charge is 0.462 e. The fourth-order valence-electron chi connectivity index (χ4n) is 2.24. The first-order chi connectivity index (χ1) is 11.9. The molecular weight excluding hydrogens is 366 g/mol. The van der Waals surface area contributed by atoms with Crippen LogP contribution in [0, 0.1) is 10.1 Å². The van der Waals surface area contributed by atoms with E-state index in [9.17, 15) is 18.5 Å². The Kier molecular flexibility index (Phi) is 4.55. The van der Waals surface area contributed by atoms with Gasteiger partial charge in [0.1, 0.15) is 10.6 Å². The molecule has 2 aromatic heterocycles. The maximum absolute atomic E-state index is 11.8. The molecule has 0 unspecified atom stereocenters. The van der Waals surface area contributed by atoms with E-state index in [1.807, 2.05) is 0 Å². The molecule has 0 saturated carbocycles. The summed E-state index contributed by atoms with van der Waals surface area (Å²) in [6.07, 6.45) is 2.49. The van der Waals surface area contributed by atoms with Gasteiger partial charge in [0.2, 0.25) is 0 Å². The monoisotopic (exact) mass is 379 g/mol. The Hall–Kier alpha value is -2.72. The molecule has 0 fully saturated rings. The molecular formula is C15H13N3O5S2. The highest BCUT2D eigenvalue weighted by Crippen LogP contribution is 2.32. The number of furan rings is 1. The van der Waals surface area contributed by atoms with Crippen molar-refractivity contribution in [3.05, 3.63) is 57.8 Å². The minimum absolute atomic E-state index is 0.125. The van der Waals surface area contributed by atoms with Crippen LogP contribution in [-0.4, -0.2) is 24.6 Å². The molecule has 3 rings (SSSR count). The maximum atomic E-state index is 11.8. The van der Waals surface area contributed by atoms with Gasteiger partial charge < -0.3 is 9.73 Å². The third kappa shape index (κ3) is 3.69. The number of hydrogen-bond donors (Lipinski definition) is 1. The Bertz CT molecular complexity index is 1010. The second-order valence-corrected chi connectivity index (χ2v) is 8.00. The summed E-state index contributed by atoms with van der Waals surface area (Å²) >= 11 is 1.39. The molecule has 10 heteroatoms. The smallest absolute Gasteiger partial charge is 0.310 e. The van der Waals surface area contributed by atoms with Crippen molar-refractivity contribution in [3.8, 4) is 10.8 Å². The lowest BCUT2D eigenvalue weighted by molar-refractivity contribution is -0.386. The molecule has 130 valence electrons. The average molecular weight is 379 g/mol. The Morgan fingerprint density at radius 2 is 2.12 bits per heavy atom. The number of para-hydroxylation sites is 1. The van der Waals surface area contributed by atoms with Crippen molar-refractivity contribution < 1.29 is 17.8 Å². The first-order valence-electron chi connectivity index (χ1n) is 7.06. The highest BCUT2D eigenvalue weighted by atomic mass is 32.2. The molecule has 1 aromatic carbocycles. The number of nitro groups is 1. The van der Waals surface area contributed by atoms with E-state index in [1.165, 1.54) is 29.5 Å². The normalized spacial score (nSPS) is 11.4. The van der Waals surface area contributed by atoms with Gasteiger partial charge in [-0.1, -0.05) is 6.07 Å². The summed E-state index contributed by atoms with van der Waals surface area (Å²) in [5, 5.41) is 16.7. The summed E-state index contributed by atoms with van der Waals surface area (Å²) in [5.74, 6) is 0.640. The molecule has 0 aliphatic rings. The second-order valence-electron chi connectivity index (χ2n) is 5.16. The van der Waals surface area contributed by atoms with Gasteiger partial charge in [-0.05, 0) is 24.3 Å². The molecule has 0 saturated heterocycles. The lowest BCUT2D eigenvalue weighted by Crippen LogP contribution is -2.08. The molecule has 3 aromatic rings. The van der Waals surface area contributed by atoms with Gasteiger partial charge in [0.05, 0.1) is 23.4 Å². The standard InChI is InChI=1S/C15H13N3O5S2/c1-25(21,22)13-6-2-4-11(14(13)18(19)20)16-8-10-9-24-15(17-10)12-5-3-7-23-12/h2-7,9,16H,8H2,1H3. The van der Waals surface area contributed by atoms with Gasteiger partial charge in [0, 0.05) is 11.6 Å². The van der Waals surface area contributed by atoms with E-state index in [2.05, 4.69) is 10.3 Å². The molecule has 2 heterocycles. The van der Waals surface area contributed by atoms with Crippen LogP contribution in [0.5, 0.6) is 0 Å². The van der Waals surface area contributed by atoms with Crippen molar-refractivity contribution >= 4 is 32.5 Å². The van der Waals surface area contributed by atoms with E-state index in [0.717, 1.165) is 6.26 Å². The molecule has 0 aliphatic heterocycles. The van der Waals surface area contributed by atoms with Crippen LogP contribution in [0.15, 0.2) is 51.3 Å². The van der Waals surface area contributed by atoms with Gasteiger partial charge in [0.25, 0.3) is 0 Å². The molecule has 0 atom stereocenters. The summed E-state index contributed by atoms with van der Waals surface area (Å²) in [4.78, 5) is 14.7. The lowest BCUT2D eigenvalue weighted by Gasteiger charge is -2.08. The Labute approximate surface area is 147 Å². The molecule has 0 bridgehead atoms. The molecule has 0 aliphatic carbocycles. The van der Waals surface area contributed by atoms with Crippen LogP contribution < -0.4 is 5.32 Å². The van der Waals surface area contributed by atoms with Gasteiger partial charge in [0.15, 0.2) is 20.6 Å². The molecule has 25 heavy (non-hydrogen) atoms. The highest BCUT2D eigenvalue weighted by Gasteiger charge is 2.26. The highest BCUT2D eigenvalue weighted by molar-refractivity contribution is 7.90. The maximum Gasteiger partial charge on any atom is 0.310 e. The number of aromatic nitrogens is 1. The van der Waals surface area contributed by atoms with Gasteiger partial charge in [-0.25, -0.2) is 13.4 Å².